The third-order valence-electron chi connectivity index (χ3n) is 2.11. The van der Waals surface area contributed by atoms with Gasteiger partial charge in [-0.2, -0.15) is 0 Å². The molecule has 2 aromatic heterocycles. The van der Waals surface area contributed by atoms with Crippen LogP contribution < -0.4 is 5.32 Å². The lowest BCUT2D eigenvalue weighted by molar-refractivity contribution is 1.01. The summed E-state index contributed by atoms with van der Waals surface area (Å²) in [6.45, 7) is 4.20. The van der Waals surface area contributed by atoms with Crippen LogP contribution in [0.2, 0.25) is 0 Å². The number of rotatable bonds is 3. The zero-order valence-corrected chi connectivity index (χ0v) is 10.6. The predicted molar refractivity (Wildman–Crippen MR) is 68.1 cm³/mol. The van der Waals surface area contributed by atoms with Crippen molar-refractivity contribution in [3.05, 3.63) is 10.9 Å². The minimum absolute atomic E-state index is 0.858. The molecule has 0 aliphatic rings. The van der Waals surface area contributed by atoms with E-state index >= 15 is 0 Å². The number of aromatic nitrogens is 2. The molecule has 2 aromatic rings. The second kappa shape index (κ2) is 4.37. The molecule has 2 heterocycles. The average molecular weight is 239 g/mol. The van der Waals surface area contributed by atoms with Crippen molar-refractivity contribution in [2.24, 2.45) is 0 Å². The monoisotopic (exact) mass is 239 g/mol. The lowest BCUT2D eigenvalue weighted by atomic mass is 10.2. The molecule has 0 saturated heterocycles. The molecular formula is C10H13N3S2. The Balaban J connectivity index is 2.62. The second-order valence-corrected chi connectivity index (χ2v) is 5.23. The van der Waals surface area contributed by atoms with Crippen molar-refractivity contribution in [3.8, 4) is 0 Å². The topological polar surface area (TPSA) is 37.8 Å². The van der Waals surface area contributed by atoms with Gasteiger partial charge < -0.3 is 5.32 Å². The van der Waals surface area contributed by atoms with Gasteiger partial charge in [-0.15, -0.1) is 11.3 Å². The highest BCUT2D eigenvalue weighted by atomic mass is 32.2. The fraction of sp³-hybridized carbons (Fsp3) is 0.400. The number of hydrogen-bond acceptors (Lipinski definition) is 5. The lowest BCUT2D eigenvalue weighted by Crippen LogP contribution is -1.97. The number of fused-ring (bicyclic) bond motifs is 1. The van der Waals surface area contributed by atoms with Crippen molar-refractivity contribution < 1.29 is 0 Å². The SMILES string of the molecule is CCSc1nc(NC)c2c(C)csc2n1. The van der Waals surface area contributed by atoms with E-state index < -0.39 is 0 Å². The molecule has 5 heteroatoms. The van der Waals surface area contributed by atoms with Gasteiger partial charge in [-0.1, -0.05) is 18.7 Å². The summed E-state index contributed by atoms with van der Waals surface area (Å²) in [6.07, 6.45) is 0. The first-order valence-corrected chi connectivity index (χ1v) is 6.69. The molecule has 0 atom stereocenters. The molecule has 0 saturated carbocycles. The van der Waals surface area contributed by atoms with Crippen molar-refractivity contribution in [2.45, 2.75) is 19.0 Å². The zero-order chi connectivity index (χ0) is 10.8. The Morgan fingerprint density at radius 2 is 2.27 bits per heavy atom. The normalized spacial score (nSPS) is 10.9. The molecule has 0 bridgehead atoms. The fourth-order valence-corrected chi connectivity index (χ4v) is 2.99. The molecule has 2 rings (SSSR count). The Morgan fingerprint density at radius 3 is 2.93 bits per heavy atom. The quantitative estimate of drug-likeness (QED) is 0.659. The molecular weight excluding hydrogens is 226 g/mol. The van der Waals surface area contributed by atoms with Crippen molar-refractivity contribution in [1.82, 2.24) is 9.97 Å². The third-order valence-corrected chi connectivity index (χ3v) is 3.83. The van der Waals surface area contributed by atoms with Gasteiger partial charge in [-0.05, 0) is 23.6 Å². The van der Waals surface area contributed by atoms with E-state index in [1.54, 1.807) is 23.1 Å². The van der Waals surface area contributed by atoms with Gasteiger partial charge in [0, 0.05) is 7.05 Å². The molecule has 15 heavy (non-hydrogen) atoms. The summed E-state index contributed by atoms with van der Waals surface area (Å²) in [5.41, 5.74) is 1.24. The van der Waals surface area contributed by atoms with Crippen LogP contribution in [0.25, 0.3) is 10.2 Å². The summed E-state index contributed by atoms with van der Waals surface area (Å²) in [5, 5.41) is 7.28. The summed E-state index contributed by atoms with van der Waals surface area (Å²) >= 11 is 3.35. The van der Waals surface area contributed by atoms with Crippen LogP contribution in [-0.4, -0.2) is 22.8 Å². The Kier molecular flexibility index (Phi) is 3.11. The van der Waals surface area contributed by atoms with E-state index in [9.17, 15) is 0 Å². The van der Waals surface area contributed by atoms with Crippen LogP contribution in [0.3, 0.4) is 0 Å². The van der Waals surface area contributed by atoms with Crippen molar-refractivity contribution in [2.75, 3.05) is 18.1 Å². The number of nitrogens with one attached hydrogen (secondary N) is 1. The van der Waals surface area contributed by atoms with Crippen LogP contribution in [0, 0.1) is 6.92 Å². The van der Waals surface area contributed by atoms with Crippen molar-refractivity contribution in [1.29, 1.82) is 0 Å². The first kappa shape index (κ1) is 10.7. The lowest BCUT2D eigenvalue weighted by Gasteiger charge is -2.04. The van der Waals surface area contributed by atoms with Gasteiger partial charge in [0.25, 0.3) is 0 Å². The molecule has 0 radical (unpaired) electrons. The van der Waals surface area contributed by atoms with E-state index in [1.165, 1.54) is 5.56 Å². The van der Waals surface area contributed by atoms with Crippen molar-refractivity contribution in [3.63, 3.8) is 0 Å². The van der Waals surface area contributed by atoms with Crippen LogP contribution >= 0.6 is 23.1 Å². The Bertz CT molecular complexity index is 479. The maximum Gasteiger partial charge on any atom is 0.190 e. The molecule has 1 N–H and O–H groups in total. The first-order chi connectivity index (χ1) is 7.26. The van der Waals surface area contributed by atoms with Crippen LogP contribution in [0.1, 0.15) is 12.5 Å². The van der Waals surface area contributed by atoms with Crippen LogP contribution in [-0.2, 0) is 0 Å². The summed E-state index contributed by atoms with van der Waals surface area (Å²) in [4.78, 5) is 10.1. The molecule has 80 valence electrons. The Hall–Kier alpha value is -0.810. The van der Waals surface area contributed by atoms with Gasteiger partial charge in [-0.3, -0.25) is 0 Å². The van der Waals surface area contributed by atoms with Gasteiger partial charge in [0.05, 0.1) is 5.39 Å². The van der Waals surface area contributed by atoms with Crippen LogP contribution in [0.4, 0.5) is 5.82 Å². The molecule has 3 nitrogen and oxygen atoms in total. The zero-order valence-electron chi connectivity index (χ0n) is 9.00. The number of nitrogens with zero attached hydrogens (tertiary/aromatic N) is 2. The molecule has 0 aromatic carbocycles. The number of hydrogen-bond donors (Lipinski definition) is 1. The molecule has 0 amide bonds. The second-order valence-electron chi connectivity index (χ2n) is 3.14. The molecule has 0 aliphatic heterocycles. The largest absolute Gasteiger partial charge is 0.372 e. The number of anilines is 1. The maximum atomic E-state index is 4.52. The van der Waals surface area contributed by atoms with Gasteiger partial charge in [0.1, 0.15) is 10.6 Å². The minimum atomic E-state index is 0.858. The third kappa shape index (κ3) is 1.94. The summed E-state index contributed by atoms with van der Waals surface area (Å²) < 4.78 is 0. The number of aryl methyl sites for hydroxylation is 1. The summed E-state index contributed by atoms with van der Waals surface area (Å²) in [7, 11) is 1.90. The van der Waals surface area contributed by atoms with Gasteiger partial charge in [0.15, 0.2) is 5.16 Å². The Labute approximate surface area is 97.3 Å². The smallest absolute Gasteiger partial charge is 0.190 e. The van der Waals surface area contributed by atoms with Gasteiger partial charge in [-0.25, -0.2) is 9.97 Å². The highest BCUT2D eigenvalue weighted by molar-refractivity contribution is 7.99. The molecule has 0 unspecified atom stereocenters. The Morgan fingerprint density at radius 1 is 1.47 bits per heavy atom. The predicted octanol–water partition coefficient (Wildman–Crippen LogP) is 3.15. The number of thioether (sulfide) groups is 1. The molecule has 0 aliphatic carbocycles. The highest BCUT2D eigenvalue weighted by Gasteiger charge is 2.10. The molecule has 0 spiro atoms. The summed E-state index contributed by atoms with van der Waals surface area (Å²) in [6, 6.07) is 0. The standard InChI is InChI=1S/C10H13N3S2/c1-4-14-10-12-8(11-3)7-6(2)5-15-9(7)13-10/h5H,4H2,1-3H3,(H,11,12,13). The minimum Gasteiger partial charge on any atom is -0.372 e. The van der Waals surface area contributed by atoms with E-state index in [2.05, 4.69) is 34.5 Å². The van der Waals surface area contributed by atoms with E-state index in [0.29, 0.717) is 0 Å². The summed E-state index contributed by atoms with van der Waals surface area (Å²) in [5.74, 6) is 1.94. The fourth-order valence-electron chi connectivity index (χ4n) is 1.44. The average Bonchev–Trinajstić information content (AvgIpc) is 2.60. The van der Waals surface area contributed by atoms with Gasteiger partial charge >= 0.3 is 0 Å². The van der Waals surface area contributed by atoms with Gasteiger partial charge in [0.2, 0.25) is 0 Å². The van der Waals surface area contributed by atoms with E-state index in [1.807, 2.05) is 7.05 Å². The molecule has 0 fully saturated rings. The van der Waals surface area contributed by atoms with Crippen LogP contribution in [0.5, 0.6) is 0 Å². The maximum absolute atomic E-state index is 4.52. The first-order valence-electron chi connectivity index (χ1n) is 4.82. The van der Waals surface area contributed by atoms with Crippen molar-refractivity contribution >= 4 is 39.1 Å². The number of thiophene rings is 1. The van der Waals surface area contributed by atoms with E-state index in [0.717, 1.165) is 26.9 Å². The van der Waals surface area contributed by atoms with E-state index in [-0.39, 0.29) is 0 Å². The van der Waals surface area contributed by atoms with E-state index in [4.69, 9.17) is 0 Å². The van der Waals surface area contributed by atoms with Crippen LogP contribution in [0.15, 0.2) is 10.5 Å². The highest BCUT2D eigenvalue weighted by Crippen LogP contribution is 2.31.